The Morgan fingerprint density at radius 1 is 1.20 bits per heavy atom. The summed E-state index contributed by atoms with van der Waals surface area (Å²) in [5, 5.41) is 31.1. The summed E-state index contributed by atoms with van der Waals surface area (Å²) in [5.41, 5.74) is 2.37. The summed E-state index contributed by atoms with van der Waals surface area (Å²) in [7, 11) is 0. The van der Waals surface area contributed by atoms with Crippen molar-refractivity contribution in [1.29, 1.82) is 0 Å². The smallest absolute Gasteiger partial charge is 0.247 e. The number of quaternary nitrogens is 1. The molecule has 3 rings (SSSR count). The summed E-state index contributed by atoms with van der Waals surface area (Å²) in [5.74, 6) is 3.24. The number of aromatic nitrogens is 2. The second kappa shape index (κ2) is 9.83. The Balaban J connectivity index is 1.71. The molecule has 7 nitrogen and oxygen atoms in total. The Morgan fingerprint density at radius 2 is 1.90 bits per heavy atom. The van der Waals surface area contributed by atoms with Crippen LogP contribution in [0.1, 0.15) is 46.9 Å². The summed E-state index contributed by atoms with van der Waals surface area (Å²) in [6.45, 7) is 12.2. The highest BCUT2D eigenvalue weighted by atomic mass is 16.8. The number of nitrogens with one attached hydrogen (secondary N) is 2. The lowest BCUT2D eigenvalue weighted by molar-refractivity contribution is -0.991. The van der Waals surface area contributed by atoms with E-state index >= 15 is 0 Å². The van der Waals surface area contributed by atoms with E-state index in [4.69, 9.17) is 9.62 Å². The SMILES string of the molecule is CC1=C[C@@H](CNC(C)C)[C@H](C(C)C)C[C@H]1Cc1nnc(-c2ccc([NH+]([O-])O)cc2)o1. The van der Waals surface area contributed by atoms with E-state index in [1.165, 1.54) is 5.57 Å². The molecule has 1 aliphatic carbocycles. The lowest BCUT2D eigenvalue weighted by Crippen LogP contribution is -2.99. The molecule has 0 saturated carbocycles. The van der Waals surface area contributed by atoms with E-state index in [0.717, 1.165) is 24.9 Å². The molecule has 0 bridgehead atoms. The Morgan fingerprint density at radius 3 is 2.50 bits per heavy atom. The summed E-state index contributed by atoms with van der Waals surface area (Å²) in [4.78, 5) is 0. The van der Waals surface area contributed by atoms with Gasteiger partial charge in [0.15, 0.2) is 5.69 Å². The van der Waals surface area contributed by atoms with Gasteiger partial charge in [-0.25, -0.2) is 5.21 Å². The van der Waals surface area contributed by atoms with Crippen LogP contribution < -0.4 is 10.5 Å². The summed E-state index contributed by atoms with van der Waals surface area (Å²) < 4.78 is 5.91. The molecule has 0 radical (unpaired) electrons. The average molecular weight is 415 g/mol. The molecule has 1 unspecified atom stereocenters. The van der Waals surface area contributed by atoms with Crippen molar-refractivity contribution in [3.63, 3.8) is 0 Å². The number of allylic oxidation sites excluding steroid dienone is 1. The van der Waals surface area contributed by atoms with Crippen molar-refractivity contribution >= 4 is 5.69 Å². The largest absolute Gasteiger partial charge is 0.595 e. The van der Waals surface area contributed by atoms with E-state index in [-0.39, 0.29) is 5.69 Å². The number of nitrogens with zero attached hydrogens (tertiary/aromatic N) is 2. The molecule has 4 atom stereocenters. The molecule has 0 aliphatic heterocycles. The van der Waals surface area contributed by atoms with Crippen LogP contribution in [0.2, 0.25) is 0 Å². The molecular weight excluding hydrogens is 380 g/mol. The summed E-state index contributed by atoms with van der Waals surface area (Å²) >= 11 is 0. The fraction of sp³-hybridized carbons (Fsp3) is 0.565. The lowest BCUT2D eigenvalue weighted by Gasteiger charge is -2.37. The van der Waals surface area contributed by atoms with Crippen LogP contribution in [0.4, 0.5) is 5.69 Å². The first-order valence-corrected chi connectivity index (χ1v) is 10.8. The van der Waals surface area contributed by atoms with Gasteiger partial charge in [-0.05, 0) is 49.1 Å². The molecule has 1 aromatic heterocycles. The maximum absolute atomic E-state index is 11.0. The predicted octanol–water partition coefficient (Wildman–Crippen LogP) is 3.54. The molecular formula is C23H34N4O3. The van der Waals surface area contributed by atoms with Crippen LogP contribution in [0.3, 0.4) is 0 Å². The van der Waals surface area contributed by atoms with Crippen molar-refractivity contribution in [1.82, 2.24) is 15.5 Å². The summed E-state index contributed by atoms with van der Waals surface area (Å²) in [6, 6.07) is 6.99. The first-order chi connectivity index (χ1) is 14.2. The zero-order valence-electron chi connectivity index (χ0n) is 18.6. The zero-order chi connectivity index (χ0) is 21.8. The van der Waals surface area contributed by atoms with Crippen molar-refractivity contribution in [2.24, 2.45) is 23.7 Å². The monoisotopic (exact) mass is 414 g/mol. The number of hydrogen-bond donors (Lipinski definition) is 3. The van der Waals surface area contributed by atoms with Gasteiger partial charge >= 0.3 is 0 Å². The highest BCUT2D eigenvalue weighted by molar-refractivity contribution is 5.55. The second-order valence-corrected chi connectivity index (χ2v) is 9.07. The third-order valence-electron chi connectivity index (χ3n) is 6.11. The number of benzene rings is 1. The van der Waals surface area contributed by atoms with Crippen LogP contribution in [0.15, 0.2) is 40.3 Å². The van der Waals surface area contributed by atoms with Gasteiger partial charge in [0, 0.05) is 36.7 Å². The lowest BCUT2D eigenvalue weighted by atomic mass is 9.70. The molecule has 0 amide bonds. The zero-order valence-corrected chi connectivity index (χ0v) is 18.6. The maximum atomic E-state index is 11.0. The van der Waals surface area contributed by atoms with Crippen LogP contribution in [-0.2, 0) is 6.42 Å². The topological polar surface area (TPSA) is 98.7 Å². The standard InChI is InChI=1S/C23H34N4O3/c1-14(2)21-11-18(16(5)10-19(21)13-24-15(3)4)12-22-25-26-23(30-22)17-6-8-20(9-7-17)27(28)29/h6-10,14-15,18-19,21,24,27-28H,11-13H2,1-5H3/t18-,19-,21-/m0/s1. The minimum absolute atomic E-state index is 0.239. The molecule has 1 aromatic carbocycles. The molecule has 1 heterocycles. The van der Waals surface area contributed by atoms with Gasteiger partial charge in [-0.15, -0.1) is 10.2 Å². The fourth-order valence-corrected chi connectivity index (χ4v) is 4.30. The van der Waals surface area contributed by atoms with Crippen molar-refractivity contribution in [3.05, 3.63) is 47.0 Å². The van der Waals surface area contributed by atoms with Gasteiger partial charge in [0.1, 0.15) is 0 Å². The van der Waals surface area contributed by atoms with Crippen LogP contribution >= 0.6 is 0 Å². The predicted molar refractivity (Wildman–Crippen MR) is 116 cm³/mol. The third-order valence-corrected chi connectivity index (χ3v) is 6.11. The van der Waals surface area contributed by atoms with Gasteiger partial charge in [0.2, 0.25) is 11.8 Å². The van der Waals surface area contributed by atoms with Crippen LogP contribution in [0.25, 0.3) is 11.5 Å². The molecule has 1 aliphatic rings. The minimum atomic E-state index is -0.950. The van der Waals surface area contributed by atoms with Gasteiger partial charge in [-0.3, -0.25) is 0 Å². The van der Waals surface area contributed by atoms with Crippen molar-refractivity contribution in [3.8, 4) is 11.5 Å². The number of rotatable bonds is 8. The Hall–Kier alpha value is -2.06. The van der Waals surface area contributed by atoms with Crippen molar-refractivity contribution < 1.29 is 14.9 Å². The Labute approximate surface area is 178 Å². The van der Waals surface area contributed by atoms with Crippen molar-refractivity contribution in [2.45, 2.75) is 53.5 Å². The van der Waals surface area contributed by atoms with E-state index in [9.17, 15) is 5.21 Å². The Kier molecular flexibility index (Phi) is 7.41. The molecule has 0 fully saturated rings. The molecule has 30 heavy (non-hydrogen) atoms. The van der Waals surface area contributed by atoms with E-state index in [0.29, 0.717) is 41.5 Å². The summed E-state index contributed by atoms with van der Waals surface area (Å²) in [6.07, 6.45) is 4.29. The van der Waals surface area contributed by atoms with Crippen LogP contribution in [0.5, 0.6) is 0 Å². The first-order valence-electron chi connectivity index (χ1n) is 10.8. The first kappa shape index (κ1) is 22.6. The molecule has 3 N–H and O–H groups in total. The van der Waals surface area contributed by atoms with Gasteiger partial charge in [-0.1, -0.05) is 39.3 Å². The van der Waals surface area contributed by atoms with Gasteiger partial charge < -0.3 is 14.9 Å². The Bertz CT molecular complexity index is 842. The minimum Gasteiger partial charge on any atom is -0.595 e. The van der Waals surface area contributed by atoms with Gasteiger partial charge in [0.25, 0.3) is 0 Å². The normalized spacial score (nSPS) is 23.1. The maximum Gasteiger partial charge on any atom is 0.247 e. The molecule has 0 saturated heterocycles. The quantitative estimate of drug-likeness (QED) is 0.451. The third kappa shape index (κ3) is 5.55. The molecule has 2 aromatic rings. The van der Waals surface area contributed by atoms with Crippen molar-refractivity contribution in [2.75, 3.05) is 6.54 Å². The fourth-order valence-electron chi connectivity index (χ4n) is 4.30. The van der Waals surface area contributed by atoms with E-state index in [1.807, 2.05) is 0 Å². The highest BCUT2D eigenvalue weighted by Gasteiger charge is 2.32. The average Bonchev–Trinajstić information content (AvgIpc) is 3.16. The van der Waals surface area contributed by atoms with Crippen LogP contribution in [-0.4, -0.2) is 28.0 Å². The van der Waals surface area contributed by atoms with E-state index in [2.05, 4.69) is 56.2 Å². The second-order valence-electron chi connectivity index (χ2n) is 9.07. The van der Waals surface area contributed by atoms with Gasteiger partial charge in [0.05, 0.1) is 0 Å². The highest BCUT2D eigenvalue weighted by Crippen LogP contribution is 2.38. The van der Waals surface area contributed by atoms with Gasteiger partial charge in [-0.2, -0.15) is 5.23 Å². The molecule has 0 spiro atoms. The molecule has 7 heteroatoms. The van der Waals surface area contributed by atoms with Crippen LogP contribution in [0, 0.1) is 28.9 Å². The van der Waals surface area contributed by atoms with E-state index < -0.39 is 5.23 Å². The number of hydrogen-bond acceptors (Lipinski definition) is 6. The van der Waals surface area contributed by atoms with E-state index in [1.54, 1.807) is 24.3 Å². The molecule has 164 valence electrons.